The smallest absolute Gasteiger partial charge is 0.352 e. The van der Waals surface area contributed by atoms with Gasteiger partial charge in [-0.25, -0.2) is 4.98 Å². The van der Waals surface area contributed by atoms with Crippen LogP contribution in [0.3, 0.4) is 0 Å². The Balaban J connectivity index is 2.44. The zero-order valence-electron chi connectivity index (χ0n) is 11.8. The van der Waals surface area contributed by atoms with Crippen LogP contribution >= 0.6 is 0 Å². The lowest BCUT2D eigenvalue weighted by Gasteiger charge is -2.33. The van der Waals surface area contributed by atoms with Crippen LogP contribution in [0.5, 0.6) is 0 Å². The lowest BCUT2D eigenvalue weighted by molar-refractivity contribution is -0.391. The van der Waals surface area contributed by atoms with Crippen LogP contribution in [0.15, 0.2) is 24.4 Å². The van der Waals surface area contributed by atoms with Gasteiger partial charge in [0.25, 0.3) is 0 Å². The highest BCUT2D eigenvalue weighted by Gasteiger charge is 2.28. The van der Waals surface area contributed by atoms with Gasteiger partial charge in [-0.1, -0.05) is 6.07 Å². The zero-order chi connectivity index (χ0) is 14.9. The van der Waals surface area contributed by atoms with Crippen LogP contribution in [0.25, 0.3) is 5.65 Å². The van der Waals surface area contributed by atoms with E-state index in [1.807, 2.05) is 25.8 Å². The maximum absolute atomic E-state index is 11.3. The molecule has 0 aliphatic carbocycles. The number of fused-ring (bicyclic) bond motifs is 1. The quantitative estimate of drug-likeness (QED) is 0.661. The summed E-state index contributed by atoms with van der Waals surface area (Å²) < 4.78 is 1.47. The van der Waals surface area contributed by atoms with Gasteiger partial charge in [-0.2, -0.15) is 4.40 Å². The Morgan fingerprint density at radius 3 is 2.80 bits per heavy atom. The van der Waals surface area contributed by atoms with Gasteiger partial charge < -0.3 is 15.2 Å². The van der Waals surface area contributed by atoms with Crippen molar-refractivity contribution in [1.82, 2.24) is 14.3 Å². The molecule has 1 N–H and O–H groups in total. The number of pyridine rings is 1. The Hall–Kier alpha value is -1.99. The van der Waals surface area contributed by atoms with Crippen LogP contribution in [0.2, 0.25) is 0 Å². The highest BCUT2D eigenvalue weighted by molar-refractivity contribution is 5.48. The Morgan fingerprint density at radius 1 is 1.50 bits per heavy atom. The summed E-state index contributed by atoms with van der Waals surface area (Å²) >= 11 is 0. The van der Waals surface area contributed by atoms with E-state index in [-0.39, 0.29) is 12.4 Å². The predicted octanol–water partition coefficient (Wildman–Crippen LogP) is 1.45. The number of aromatic nitrogens is 2. The molecule has 2 aromatic rings. The van der Waals surface area contributed by atoms with Gasteiger partial charge in [-0.3, -0.25) is 4.90 Å². The van der Waals surface area contributed by atoms with E-state index >= 15 is 0 Å². The molecule has 7 nitrogen and oxygen atoms in total. The molecule has 2 heterocycles. The van der Waals surface area contributed by atoms with Crippen LogP contribution in [0, 0.1) is 10.1 Å². The van der Waals surface area contributed by atoms with E-state index in [4.69, 9.17) is 0 Å². The summed E-state index contributed by atoms with van der Waals surface area (Å²) in [6.45, 7) is 4.00. The normalized spacial score (nSPS) is 12.2. The third-order valence-electron chi connectivity index (χ3n) is 3.55. The first kappa shape index (κ1) is 14.4. The molecule has 0 fully saturated rings. The molecule has 0 aromatic carbocycles. The number of nitro groups is 1. The van der Waals surface area contributed by atoms with Crippen molar-refractivity contribution in [2.45, 2.75) is 25.9 Å². The molecule has 0 spiro atoms. The molecular weight excluding hydrogens is 260 g/mol. The maximum atomic E-state index is 11.3. The minimum absolute atomic E-state index is 0.0267. The zero-order valence-corrected chi connectivity index (χ0v) is 11.8. The summed E-state index contributed by atoms with van der Waals surface area (Å²) in [5.74, 6) is -0.0267. The van der Waals surface area contributed by atoms with Gasteiger partial charge in [0.2, 0.25) is 5.65 Å². The van der Waals surface area contributed by atoms with Crippen LogP contribution in [-0.2, 0) is 6.54 Å². The number of hydrogen-bond acceptors (Lipinski definition) is 5. The molecule has 20 heavy (non-hydrogen) atoms. The van der Waals surface area contributed by atoms with Gasteiger partial charge in [0.15, 0.2) is 5.69 Å². The minimum atomic E-state index is -0.469. The molecule has 0 amide bonds. The summed E-state index contributed by atoms with van der Waals surface area (Å²) in [4.78, 5) is 17.0. The molecule has 0 atom stereocenters. The van der Waals surface area contributed by atoms with Crippen molar-refractivity contribution in [2.24, 2.45) is 0 Å². The first-order valence-electron chi connectivity index (χ1n) is 6.29. The average molecular weight is 278 g/mol. The van der Waals surface area contributed by atoms with Gasteiger partial charge in [0.05, 0.1) is 12.8 Å². The van der Waals surface area contributed by atoms with E-state index in [2.05, 4.69) is 4.98 Å². The van der Waals surface area contributed by atoms with Gasteiger partial charge in [0, 0.05) is 18.2 Å². The molecule has 0 radical (unpaired) electrons. The van der Waals surface area contributed by atoms with Crippen molar-refractivity contribution in [3.05, 3.63) is 40.2 Å². The standard InChI is InChI=1S/C13H18N4O3/c1-13(2,9-18)15(3)8-10-12(17(19)20)16-7-5-4-6-11(16)14-10/h4-7,18H,8-9H2,1-3H3. The molecule has 0 aliphatic heterocycles. The number of nitrogens with zero attached hydrogens (tertiary/aromatic N) is 4. The second kappa shape index (κ2) is 5.18. The lowest BCUT2D eigenvalue weighted by atomic mass is 10.1. The van der Waals surface area contributed by atoms with Crippen LogP contribution in [-0.4, -0.2) is 43.5 Å². The summed E-state index contributed by atoms with van der Waals surface area (Å²) in [5.41, 5.74) is 0.471. The molecule has 0 saturated heterocycles. The molecule has 0 bridgehead atoms. The Morgan fingerprint density at radius 2 is 2.20 bits per heavy atom. The average Bonchev–Trinajstić information content (AvgIpc) is 2.76. The van der Waals surface area contributed by atoms with Crippen molar-refractivity contribution in [3.8, 4) is 0 Å². The highest BCUT2D eigenvalue weighted by Crippen LogP contribution is 2.24. The summed E-state index contributed by atoms with van der Waals surface area (Å²) in [5, 5.41) is 20.6. The van der Waals surface area contributed by atoms with Crippen molar-refractivity contribution < 1.29 is 10.0 Å². The Bertz CT molecular complexity index is 636. The molecule has 2 rings (SSSR count). The third kappa shape index (κ3) is 2.50. The second-order valence-electron chi connectivity index (χ2n) is 5.39. The van der Waals surface area contributed by atoms with Crippen molar-refractivity contribution >= 4 is 11.5 Å². The van der Waals surface area contributed by atoms with Crippen molar-refractivity contribution in [3.63, 3.8) is 0 Å². The summed E-state index contributed by atoms with van der Waals surface area (Å²) in [7, 11) is 1.81. The van der Waals surface area contributed by atoms with E-state index in [0.29, 0.717) is 17.9 Å². The molecule has 0 unspecified atom stereocenters. The second-order valence-corrected chi connectivity index (χ2v) is 5.39. The Labute approximate surface area is 116 Å². The molecule has 0 aliphatic rings. The molecule has 7 heteroatoms. The maximum Gasteiger partial charge on any atom is 0.352 e. The molecular formula is C13H18N4O3. The first-order chi connectivity index (χ1) is 9.36. The molecule has 2 aromatic heterocycles. The third-order valence-corrected chi connectivity index (χ3v) is 3.55. The topological polar surface area (TPSA) is 83.9 Å². The van der Waals surface area contributed by atoms with Crippen molar-refractivity contribution in [2.75, 3.05) is 13.7 Å². The number of aliphatic hydroxyl groups is 1. The van der Waals surface area contributed by atoms with Crippen LogP contribution in [0.4, 0.5) is 5.82 Å². The van der Waals surface area contributed by atoms with E-state index < -0.39 is 10.5 Å². The van der Waals surface area contributed by atoms with Gasteiger partial charge in [-0.05, 0) is 31.9 Å². The van der Waals surface area contributed by atoms with Gasteiger partial charge >= 0.3 is 5.82 Å². The molecule has 108 valence electrons. The number of imidazole rings is 1. The highest BCUT2D eigenvalue weighted by atomic mass is 16.6. The minimum Gasteiger partial charge on any atom is -0.394 e. The Kier molecular flexibility index (Phi) is 3.74. The monoisotopic (exact) mass is 278 g/mol. The first-order valence-corrected chi connectivity index (χ1v) is 6.29. The number of aliphatic hydroxyl groups excluding tert-OH is 1. The fourth-order valence-corrected chi connectivity index (χ4v) is 1.89. The van der Waals surface area contributed by atoms with Crippen molar-refractivity contribution in [1.29, 1.82) is 0 Å². The largest absolute Gasteiger partial charge is 0.394 e. The van der Waals surface area contributed by atoms with Crippen LogP contribution in [0.1, 0.15) is 19.5 Å². The van der Waals surface area contributed by atoms with Crippen LogP contribution < -0.4 is 0 Å². The number of likely N-dealkylation sites (N-methyl/N-ethyl adjacent to an activating group) is 1. The van der Waals surface area contributed by atoms with Gasteiger partial charge in [0.1, 0.15) is 0 Å². The van der Waals surface area contributed by atoms with E-state index in [0.717, 1.165) is 0 Å². The lowest BCUT2D eigenvalue weighted by Crippen LogP contribution is -2.43. The fourth-order valence-electron chi connectivity index (χ4n) is 1.89. The number of hydrogen-bond donors (Lipinski definition) is 1. The molecule has 0 saturated carbocycles. The van der Waals surface area contributed by atoms with Gasteiger partial charge in [-0.15, -0.1) is 0 Å². The fraction of sp³-hybridized carbons (Fsp3) is 0.462. The number of rotatable bonds is 5. The summed E-state index contributed by atoms with van der Waals surface area (Å²) in [6.07, 6.45) is 1.63. The van der Waals surface area contributed by atoms with E-state index in [1.54, 1.807) is 24.4 Å². The predicted molar refractivity (Wildman–Crippen MR) is 74.5 cm³/mol. The summed E-state index contributed by atoms with van der Waals surface area (Å²) in [6, 6.07) is 5.25. The van der Waals surface area contributed by atoms with E-state index in [9.17, 15) is 15.2 Å². The SMILES string of the molecule is CN(Cc1nc2ccccn2c1[N+](=O)[O-])C(C)(C)CO. The van der Waals surface area contributed by atoms with E-state index in [1.165, 1.54) is 4.40 Å².